The summed E-state index contributed by atoms with van der Waals surface area (Å²) in [4.78, 5) is 50.5. The number of hydrogen-bond acceptors (Lipinski definition) is 5. The van der Waals surface area contributed by atoms with Gasteiger partial charge in [0.25, 0.3) is 11.8 Å². The van der Waals surface area contributed by atoms with Crippen LogP contribution < -0.4 is 10.6 Å². The smallest absolute Gasteiger partial charge is 0.325 e. The molecule has 0 aliphatic carbocycles. The average Bonchev–Trinajstić information content (AvgIpc) is 2.80. The molecular formula is C24H26ClN3O5. The first kappa shape index (κ1) is 24.3. The zero-order chi connectivity index (χ0) is 24.0. The Kier molecular flexibility index (Phi) is 8.06. The third kappa shape index (κ3) is 6.79. The molecule has 1 aliphatic rings. The van der Waals surface area contributed by atoms with Crippen molar-refractivity contribution in [1.29, 1.82) is 0 Å². The maximum Gasteiger partial charge on any atom is 0.325 e. The molecule has 0 spiro atoms. The maximum absolute atomic E-state index is 12.5. The third-order valence-corrected chi connectivity index (χ3v) is 5.82. The molecule has 2 aromatic rings. The van der Waals surface area contributed by atoms with Crippen LogP contribution >= 0.6 is 11.6 Å². The number of ether oxygens (including phenoxy) is 1. The molecule has 33 heavy (non-hydrogen) atoms. The summed E-state index contributed by atoms with van der Waals surface area (Å²) >= 11 is 5.86. The normalized spacial score (nSPS) is 13.8. The van der Waals surface area contributed by atoms with Gasteiger partial charge < -0.3 is 15.0 Å². The predicted octanol–water partition coefficient (Wildman–Crippen LogP) is 3.70. The zero-order valence-electron chi connectivity index (χ0n) is 18.5. The molecular weight excluding hydrogens is 446 g/mol. The number of amides is 4. The number of nitrogens with zero attached hydrogens (tertiary/aromatic N) is 1. The average molecular weight is 472 g/mol. The molecule has 0 atom stereocenters. The molecule has 0 radical (unpaired) electrons. The molecule has 8 nitrogen and oxygen atoms in total. The first-order valence-electron chi connectivity index (χ1n) is 10.6. The van der Waals surface area contributed by atoms with Crippen molar-refractivity contribution in [3.8, 4) is 0 Å². The van der Waals surface area contributed by atoms with Crippen molar-refractivity contribution in [3.63, 3.8) is 0 Å². The number of esters is 1. The van der Waals surface area contributed by atoms with Crippen LogP contribution in [-0.4, -0.2) is 48.4 Å². The van der Waals surface area contributed by atoms with Crippen LogP contribution in [0.4, 0.5) is 10.5 Å². The number of anilines is 1. The van der Waals surface area contributed by atoms with E-state index in [0.717, 1.165) is 11.1 Å². The highest BCUT2D eigenvalue weighted by atomic mass is 35.5. The van der Waals surface area contributed by atoms with Crippen molar-refractivity contribution in [2.75, 3.05) is 25.0 Å². The minimum atomic E-state index is -0.722. The van der Waals surface area contributed by atoms with Crippen molar-refractivity contribution in [1.82, 2.24) is 10.2 Å². The van der Waals surface area contributed by atoms with Gasteiger partial charge in [-0.3, -0.25) is 19.7 Å². The lowest BCUT2D eigenvalue weighted by Crippen LogP contribution is -2.41. The van der Waals surface area contributed by atoms with Crippen LogP contribution in [0, 0.1) is 19.8 Å². The van der Waals surface area contributed by atoms with Gasteiger partial charge in [0.05, 0.1) is 5.92 Å². The quantitative estimate of drug-likeness (QED) is 0.647. The van der Waals surface area contributed by atoms with Gasteiger partial charge in [0.1, 0.15) is 0 Å². The number of nitrogens with one attached hydrogen (secondary N) is 2. The van der Waals surface area contributed by atoms with Crippen molar-refractivity contribution < 1.29 is 23.9 Å². The Morgan fingerprint density at radius 1 is 1.00 bits per heavy atom. The van der Waals surface area contributed by atoms with Crippen molar-refractivity contribution in [3.05, 3.63) is 64.2 Å². The topological polar surface area (TPSA) is 105 Å². The van der Waals surface area contributed by atoms with Crippen LogP contribution in [0.5, 0.6) is 0 Å². The molecule has 1 fully saturated rings. The molecule has 0 saturated carbocycles. The molecule has 174 valence electrons. The number of aryl methyl sites for hydroxylation is 2. The number of piperidine rings is 1. The molecule has 1 heterocycles. The summed E-state index contributed by atoms with van der Waals surface area (Å²) in [6.07, 6.45) is 0.875. The summed E-state index contributed by atoms with van der Waals surface area (Å²) in [5.74, 6) is -1.76. The van der Waals surface area contributed by atoms with Crippen LogP contribution in [0.2, 0.25) is 5.02 Å². The van der Waals surface area contributed by atoms with Crippen molar-refractivity contribution in [2.45, 2.75) is 26.7 Å². The Hall–Kier alpha value is -3.39. The Morgan fingerprint density at radius 2 is 1.67 bits per heavy atom. The van der Waals surface area contributed by atoms with E-state index in [1.54, 1.807) is 41.3 Å². The Morgan fingerprint density at radius 3 is 2.30 bits per heavy atom. The molecule has 4 amide bonds. The highest BCUT2D eigenvalue weighted by molar-refractivity contribution is 6.30. The van der Waals surface area contributed by atoms with Crippen molar-refractivity contribution >= 4 is 41.1 Å². The molecule has 2 N–H and O–H groups in total. The van der Waals surface area contributed by atoms with Crippen LogP contribution in [0.15, 0.2) is 42.5 Å². The Bertz CT molecular complexity index is 1050. The summed E-state index contributed by atoms with van der Waals surface area (Å²) in [5.41, 5.74) is 3.19. The van der Waals surface area contributed by atoms with Crippen LogP contribution in [0.25, 0.3) is 0 Å². The van der Waals surface area contributed by atoms with E-state index in [-0.39, 0.29) is 5.91 Å². The van der Waals surface area contributed by atoms with Gasteiger partial charge in [0.15, 0.2) is 6.61 Å². The molecule has 1 saturated heterocycles. The van der Waals surface area contributed by atoms with Crippen LogP contribution in [0.3, 0.4) is 0 Å². The fourth-order valence-corrected chi connectivity index (χ4v) is 3.62. The highest BCUT2D eigenvalue weighted by Crippen LogP contribution is 2.21. The number of urea groups is 1. The summed E-state index contributed by atoms with van der Waals surface area (Å²) in [6, 6.07) is 11.3. The third-order valence-electron chi connectivity index (χ3n) is 5.57. The zero-order valence-corrected chi connectivity index (χ0v) is 19.3. The number of rotatable bonds is 5. The minimum absolute atomic E-state index is 0.118. The first-order valence-corrected chi connectivity index (χ1v) is 11.0. The Labute approximate surface area is 197 Å². The number of carbonyl (C=O) groups excluding carboxylic acids is 4. The minimum Gasteiger partial charge on any atom is -0.455 e. The van der Waals surface area contributed by atoms with E-state index in [2.05, 4.69) is 10.6 Å². The molecule has 2 aromatic carbocycles. The van der Waals surface area contributed by atoms with Gasteiger partial charge in [0.2, 0.25) is 0 Å². The molecule has 0 unspecified atom stereocenters. The monoisotopic (exact) mass is 471 g/mol. The maximum atomic E-state index is 12.5. The summed E-state index contributed by atoms with van der Waals surface area (Å²) in [6.45, 7) is 4.14. The van der Waals surface area contributed by atoms with E-state index < -0.39 is 30.4 Å². The number of carbonyl (C=O) groups is 4. The van der Waals surface area contributed by atoms with E-state index in [4.69, 9.17) is 16.3 Å². The summed E-state index contributed by atoms with van der Waals surface area (Å²) < 4.78 is 5.07. The van der Waals surface area contributed by atoms with E-state index >= 15 is 0 Å². The number of imide groups is 1. The number of hydrogen-bond donors (Lipinski definition) is 2. The largest absolute Gasteiger partial charge is 0.455 e. The van der Waals surface area contributed by atoms with Gasteiger partial charge in [-0.25, -0.2) is 4.79 Å². The summed E-state index contributed by atoms with van der Waals surface area (Å²) in [7, 11) is 0. The molecule has 0 bridgehead atoms. The Balaban J connectivity index is 1.39. The van der Waals surface area contributed by atoms with E-state index in [0.29, 0.717) is 42.2 Å². The molecule has 0 aromatic heterocycles. The van der Waals surface area contributed by atoms with Crippen LogP contribution in [-0.2, 0) is 14.3 Å². The fourth-order valence-electron chi connectivity index (χ4n) is 3.49. The lowest BCUT2D eigenvalue weighted by atomic mass is 9.96. The number of halogens is 1. The summed E-state index contributed by atoms with van der Waals surface area (Å²) in [5, 5.41) is 5.26. The molecule has 1 aliphatic heterocycles. The lowest BCUT2D eigenvalue weighted by molar-refractivity contribution is -0.153. The SMILES string of the molecule is Cc1ccc(NC(=O)NC(=O)COC(=O)C2CCN(C(=O)c3ccc(Cl)cc3)CC2)cc1C. The number of benzene rings is 2. The standard InChI is InChI=1S/C24H26ClN3O5/c1-15-3-8-20(13-16(15)2)26-24(32)27-21(29)14-33-23(31)18-9-11-28(12-10-18)22(30)17-4-6-19(25)7-5-17/h3-8,13,18H,9-12,14H2,1-2H3,(H2,26,27,29,32). The van der Waals surface area contributed by atoms with E-state index in [1.165, 1.54) is 0 Å². The van der Waals surface area contributed by atoms with Crippen LogP contribution in [0.1, 0.15) is 34.3 Å². The van der Waals surface area contributed by atoms with Crippen molar-refractivity contribution in [2.24, 2.45) is 5.92 Å². The van der Waals surface area contributed by atoms with Gasteiger partial charge in [0, 0.05) is 29.4 Å². The molecule has 9 heteroatoms. The second-order valence-electron chi connectivity index (χ2n) is 7.98. The van der Waals surface area contributed by atoms with E-state index in [9.17, 15) is 19.2 Å². The fraction of sp³-hybridized carbons (Fsp3) is 0.333. The van der Waals surface area contributed by atoms with Gasteiger partial charge in [-0.05, 0) is 74.2 Å². The second-order valence-corrected chi connectivity index (χ2v) is 8.42. The van der Waals surface area contributed by atoms with Gasteiger partial charge in [-0.2, -0.15) is 0 Å². The van der Waals surface area contributed by atoms with Gasteiger partial charge >= 0.3 is 12.0 Å². The predicted molar refractivity (Wildman–Crippen MR) is 124 cm³/mol. The highest BCUT2D eigenvalue weighted by Gasteiger charge is 2.29. The second kappa shape index (κ2) is 11.0. The van der Waals surface area contributed by atoms with Gasteiger partial charge in [-0.1, -0.05) is 17.7 Å². The van der Waals surface area contributed by atoms with Gasteiger partial charge in [-0.15, -0.1) is 0 Å². The molecule has 3 rings (SSSR count). The lowest BCUT2D eigenvalue weighted by Gasteiger charge is -2.31. The first-order chi connectivity index (χ1) is 15.7. The number of likely N-dealkylation sites (tertiary alicyclic amines) is 1. The van der Waals surface area contributed by atoms with E-state index in [1.807, 2.05) is 19.9 Å².